The number of hydrogen-bond acceptors (Lipinski definition) is 7. The summed E-state index contributed by atoms with van der Waals surface area (Å²) in [6.45, 7) is 1.66. The number of allylic oxidation sites excluding steroid dienone is 6. The highest BCUT2D eigenvalue weighted by Gasteiger charge is 2.56. The number of ketones is 2. The number of carboxylic acid groups (broad SMARTS) is 1. The van der Waals surface area contributed by atoms with E-state index in [1.54, 1.807) is 19.1 Å². The van der Waals surface area contributed by atoms with Crippen LogP contribution in [-0.4, -0.2) is 51.0 Å². The zero-order valence-electron chi connectivity index (χ0n) is 22.9. The maximum atomic E-state index is 13.6. The summed E-state index contributed by atoms with van der Waals surface area (Å²) in [5, 5.41) is 20.4. The molecule has 1 heterocycles. The Hall–Kier alpha value is -4.79. The molecule has 214 valence electrons. The van der Waals surface area contributed by atoms with Gasteiger partial charge in [0.2, 0.25) is 11.8 Å². The third kappa shape index (κ3) is 4.55. The number of ether oxygens (including phenoxy) is 1. The molecule has 42 heavy (non-hydrogen) atoms. The van der Waals surface area contributed by atoms with Gasteiger partial charge in [0.05, 0.1) is 18.3 Å². The van der Waals surface area contributed by atoms with Gasteiger partial charge < -0.3 is 14.9 Å². The van der Waals surface area contributed by atoms with Crippen molar-refractivity contribution < 1.29 is 38.9 Å². The Labute approximate surface area is 241 Å². The summed E-state index contributed by atoms with van der Waals surface area (Å²) >= 11 is 0. The number of nitrogens with zero attached hydrogens (tertiary/aromatic N) is 1. The Morgan fingerprint density at radius 2 is 1.79 bits per heavy atom. The Kier molecular flexibility index (Phi) is 6.88. The number of carboxylic acids is 1. The topological polar surface area (TPSA) is 138 Å². The number of phenolic OH excluding ortho intramolecular Hbond substituents is 1. The van der Waals surface area contributed by atoms with E-state index in [-0.39, 0.29) is 54.3 Å². The molecule has 1 aliphatic heterocycles. The van der Waals surface area contributed by atoms with Crippen molar-refractivity contribution in [3.63, 3.8) is 0 Å². The quantitative estimate of drug-likeness (QED) is 0.292. The normalized spacial score (nSPS) is 25.0. The smallest absolute Gasteiger partial charge is 0.305 e. The van der Waals surface area contributed by atoms with Gasteiger partial charge in [-0.1, -0.05) is 48.0 Å². The lowest BCUT2D eigenvalue weighted by atomic mass is 9.59. The summed E-state index contributed by atoms with van der Waals surface area (Å²) in [7, 11) is 0. The largest absolute Gasteiger partial charge is 0.507 e. The van der Waals surface area contributed by atoms with Crippen molar-refractivity contribution in [1.29, 1.82) is 0 Å². The maximum Gasteiger partial charge on any atom is 0.305 e. The summed E-state index contributed by atoms with van der Waals surface area (Å²) in [4.78, 5) is 65.7. The number of amides is 2. The Balaban J connectivity index is 1.38. The Bertz CT molecular complexity index is 1630. The van der Waals surface area contributed by atoms with E-state index < -0.39 is 41.5 Å². The maximum absolute atomic E-state index is 13.6. The predicted octanol–water partition coefficient (Wildman–Crippen LogP) is 3.88. The molecule has 2 N–H and O–H groups in total. The second-order valence-electron chi connectivity index (χ2n) is 11.2. The molecule has 4 atom stereocenters. The summed E-state index contributed by atoms with van der Waals surface area (Å²) in [6, 6.07) is 14.4. The van der Waals surface area contributed by atoms with Gasteiger partial charge in [-0.3, -0.25) is 28.9 Å². The lowest BCUT2D eigenvalue weighted by Crippen LogP contribution is -2.40. The third-order valence-corrected chi connectivity index (χ3v) is 8.77. The average Bonchev–Trinajstić information content (AvgIpc) is 3.22. The van der Waals surface area contributed by atoms with E-state index in [2.05, 4.69) is 0 Å². The number of fused-ring (bicyclic) bond motifs is 3. The monoisotopic (exact) mass is 567 g/mol. The van der Waals surface area contributed by atoms with E-state index in [1.807, 2.05) is 36.4 Å². The van der Waals surface area contributed by atoms with Gasteiger partial charge >= 0.3 is 5.97 Å². The summed E-state index contributed by atoms with van der Waals surface area (Å²) in [5.41, 5.74) is 2.93. The van der Waals surface area contributed by atoms with E-state index in [1.165, 1.54) is 12.1 Å². The molecule has 0 aromatic heterocycles. The van der Waals surface area contributed by atoms with Crippen LogP contribution in [0.4, 0.5) is 0 Å². The highest BCUT2D eigenvalue weighted by molar-refractivity contribution is 6.24. The molecule has 0 radical (unpaired) electrons. The van der Waals surface area contributed by atoms with Crippen molar-refractivity contribution >= 4 is 29.4 Å². The van der Waals surface area contributed by atoms with Crippen molar-refractivity contribution in [3.05, 3.63) is 94.1 Å². The first-order valence-electron chi connectivity index (χ1n) is 13.9. The lowest BCUT2D eigenvalue weighted by Gasteiger charge is -2.42. The van der Waals surface area contributed by atoms with Crippen LogP contribution in [0.25, 0.3) is 0 Å². The minimum absolute atomic E-state index is 0.109. The molecule has 0 spiro atoms. The minimum atomic E-state index is -1.11. The number of Topliss-reactive ketones (excluding diaryl/α,β-unsaturated/α-hetero) is 1. The van der Waals surface area contributed by atoms with Crippen LogP contribution in [0.3, 0.4) is 0 Å². The zero-order chi connectivity index (χ0) is 29.7. The number of likely N-dealkylation sites (tertiary alicyclic amines) is 1. The number of hydrogen-bond donors (Lipinski definition) is 2. The van der Waals surface area contributed by atoms with Crippen molar-refractivity contribution in [2.24, 2.45) is 17.8 Å². The van der Waals surface area contributed by atoms with Crippen LogP contribution in [0, 0.1) is 17.8 Å². The van der Waals surface area contributed by atoms with Crippen LogP contribution in [0.5, 0.6) is 11.5 Å². The van der Waals surface area contributed by atoms with Crippen LogP contribution in [0.15, 0.2) is 83.0 Å². The van der Waals surface area contributed by atoms with Crippen molar-refractivity contribution in [1.82, 2.24) is 4.90 Å². The Morgan fingerprint density at radius 1 is 1.02 bits per heavy atom. The van der Waals surface area contributed by atoms with E-state index in [4.69, 9.17) is 9.84 Å². The molecule has 2 aromatic carbocycles. The van der Waals surface area contributed by atoms with Gasteiger partial charge in [-0.25, -0.2) is 0 Å². The molecular formula is C33H29NO8. The molecule has 9 nitrogen and oxygen atoms in total. The van der Waals surface area contributed by atoms with Crippen LogP contribution in [-0.2, 0) is 30.6 Å². The molecule has 1 saturated heterocycles. The molecule has 0 saturated carbocycles. The molecule has 4 unspecified atom stereocenters. The highest BCUT2D eigenvalue weighted by Crippen LogP contribution is 2.56. The standard InChI is InChI=1S/C33H29NO8/c1-17-13-25(35)24-15-23-20(9-10-22-29(23)33(41)34(32(22)40)12-11-27(37)38)28(30(24)31(17)39)21-8-7-19(14-26(21)36)42-16-18-5-3-2-4-6-18/h2-9,13-14,22-23,28-29,36H,10-12,15-16H2,1H3,(H,37,38). The first kappa shape index (κ1) is 27.4. The predicted molar refractivity (Wildman–Crippen MR) is 149 cm³/mol. The molecule has 9 heteroatoms. The van der Waals surface area contributed by atoms with E-state index in [9.17, 15) is 29.1 Å². The van der Waals surface area contributed by atoms with E-state index >= 15 is 0 Å². The van der Waals surface area contributed by atoms with Gasteiger partial charge in [-0.05, 0) is 43.4 Å². The van der Waals surface area contributed by atoms with E-state index in [0.29, 0.717) is 29.1 Å². The van der Waals surface area contributed by atoms with E-state index in [0.717, 1.165) is 10.5 Å². The number of carbonyl (C=O) groups is 5. The highest BCUT2D eigenvalue weighted by atomic mass is 16.5. The summed E-state index contributed by atoms with van der Waals surface area (Å²) < 4.78 is 5.87. The van der Waals surface area contributed by atoms with Gasteiger partial charge in [-0.2, -0.15) is 0 Å². The van der Waals surface area contributed by atoms with Gasteiger partial charge in [0.15, 0.2) is 11.6 Å². The average molecular weight is 568 g/mol. The Morgan fingerprint density at radius 3 is 2.50 bits per heavy atom. The summed E-state index contributed by atoms with van der Waals surface area (Å²) in [6.07, 6.45) is 3.15. The van der Waals surface area contributed by atoms with Crippen LogP contribution >= 0.6 is 0 Å². The fourth-order valence-corrected chi connectivity index (χ4v) is 6.81. The first-order valence-corrected chi connectivity index (χ1v) is 13.9. The zero-order valence-corrected chi connectivity index (χ0v) is 22.9. The van der Waals surface area contributed by atoms with Crippen molar-refractivity contribution in [3.8, 4) is 11.5 Å². The number of carbonyl (C=O) groups excluding carboxylic acids is 4. The fourth-order valence-electron chi connectivity index (χ4n) is 6.81. The first-order chi connectivity index (χ1) is 20.2. The number of imide groups is 1. The van der Waals surface area contributed by atoms with Crippen LogP contribution < -0.4 is 4.74 Å². The minimum Gasteiger partial charge on any atom is -0.507 e. The van der Waals surface area contributed by atoms with Gasteiger partial charge in [0.25, 0.3) is 0 Å². The number of aromatic hydroxyl groups is 1. The molecule has 3 aliphatic carbocycles. The van der Waals surface area contributed by atoms with Crippen LogP contribution in [0.1, 0.15) is 43.2 Å². The molecule has 0 bridgehead atoms. The second kappa shape index (κ2) is 10.6. The lowest BCUT2D eigenvalue weighted by molar-refractivity contribution is -0.142. The number of benzene rings is 2. The molecular weight excluding hydrogens is 538 g/mol. The second-order valence-corrected chi connectivity index (χ2v) is 11.2. The van der Waals surface area contributed by atoms with Crippen LogP contribution in [0.2, 0.25) is 0 Å². The SMILES string of the molecule is CC1=CC(=O)C2=C(C1=O)C(c1ccc(OCc3ccccc3)cc1O)C1=CCC3C(=O)N(CCC(=O)O)C(=O)C3C1C2. The number of phenols is 1. The fraction of sp³-hybridized carbons (Fsp3) is 0.303. The third-order valence-electron chi connectivity index (χ3n) is 8.77. The molecule has 2 aromatic rings. The van der Waals surface area contributed by atoms with Gasteiger partial charge in [0, 0.05) is 40.8 Å². The van der Waals surface area contributed by atoms with Crippen molar-refractivity contribution in [2.75, 3.05) is 6.54 Å². The molecule has 2 amide bonds. The molecule has 4 aliphatic rings. The van der Waals surface area contributed by atoms with Gasteiger partial charge in [0.1, 0.15) is 18.1 Å². The number of rotatable bonds is 7. The number of aliphatic carboxylic acids is 1. The molecule has 6 rings (SSSR count). The molecule has 1 fully saturated rings. The van der Waals surface area contributed by atoms with Crippen molar-refractivity contribution in [2.45, 2.75) is 38.7 Å². The van der Waals surface area contributed by atoms with Gasteiger partial charge in [-0.15, -0.1) is 0 Å². The summed E-state index contributed by atoms with van der Waals surface area (Å²) in [5.74, 6) is -5.11.